The first-order valence-corrected chi connectivity index (χ1v) is 10.5. The van der Waals surface area contributed by atoms with E-state index in [1.165, 1.54) is 0 Å². The van der Waals surface area contributed by atoms with E-state index in [1.807, 2.05) is 56.3 Å². The third-order valence-electron chi connectivity index (χ3n) is 4.68. The molecular formula is C26H26N2O5. The van der Waals surface area contributed by atoms with Gasteiger partial charge in [0.05, 0.1) is 6.42 Å². The molecule has 0 spiro atoms. The monoisotopic (exact) mass is 446 g/mol. The fraction of sp³-hybridized carbons (Fsp3) is 0.192. The minimum absolute atomic E-state index is 0.0558. The van der Waals surface area contributed by atoms with Crippen molar-refractivity contribution in [1.29, 1.82) is 0 Å². The van der Waals surface area contributed by atoms with Crippen LogP contribution in [0.15, 0.2) is 72.8 Å². The number of carbonyl (C=O) groups excluding carboxylic acids is 3. The Kier molecular flexibility index (Phi) is 8.18. The number of rotatable bonds is 9. The number of esters is 1. The SMILES string of the molecule is Cc1cccc(NC(=O)COC(=O)CCC(=O)Nc2ccc(Oc3ccccc3C)cc2)c1. The van der Waals surface area contributed by atoms with Crippen molar-refractivity contribution in [3.63, 3.8) is 0 Å². The van der Waals surface area contributed by atoms with Gasteiger partial charge >= 0.3 is 5.97 Å². The highest BCUT2D eigenvalue weighted by Gasteiger charge is 2.11. The molecule has 170 valence electrons. The van der Waals surface area contributed by atoms with Crippen molar-refractivity contribution in [2.75, 3.05) is 17.2 Å². The van der Waals surface area contributed by atoms with Gasteiger partial charge in [-0.05, 0) is 67.4 Å². The molecule has 0 radical (unpaired) electrons. The molecule has 0 saturated heterocycles. The molecule has 3 rings (SSSR count). The van der Waals surface area contributed by atoms with Crippen LogP contribution in [0.2, 0.25) is 0 Å². The minimum Gasteiger partial charge on any atom is -0.457 e. The second-order valence-electron chi connectivity index (χ2n) is 7.52. The Morgan fingerprint density at radius 1 is 0.758 bits per heavy atom. The Morgan fingerprint density at radius 2 is 1.48 bits per heavy atom. The lowest BCUT2D eigenvalue weighted by molar-refractivity contribution is -0.147. The van der Waals surface area contributed by atoms with Gasteiger partial charge in [-0.3, -0.25) is 14.4 Å². The molecule has 0 fully saturated rings. The van der Waals surface area contributed by atoms with Gasteiger partial charge in [0.25, 0.3) is 5.91 Å². The number of benzene rings is 3. The molecule has 0 bridgehead atoms. The molecule has 3 aromatic carbocycles. The Morgan fingerprint density at radius 3 is 2.21 bits per heavy atom. The lowest BCUT2D eigenvalue weighted by atomic mass is 10.2. The quantitative estimate of drug-likeness (QED) is 0.451. The lowest BCUT2D eigenvalue weighted by Gasteiger charge is -2.10. The minimum atomic E-state index is -0.619. The standard InChI is InChI=1S/C26H26N2O5/c1-18-6-5-8-21(16-18)28-25(30)17-32-26(31)15-14-24(29)27-20-10-12-22(13-11-20)33-23-9-4-3-7-19(23)2/h3-13,16H,14-15,17H2,1-2H3,(H,27,29)(H,28,30). The second-order valence-corrected chi connectivity index (χ2v) is 7.52. The van der Waals surface area contributed by atoms with Crippen LogP contribution >= 0.6 is 0 Å². The van der Waals surface area contributed by atoms with E-state index in [9.17, 15) is 14.4 Å². The van der Waals surface area contributed by atoms with Crippen LogP contribution in [0.5, 0.6) is 11.5 Å². The molecule has 2 amide bonds. The number of anilines is 2. The zero-order valence-corrected chi connectivity index (χ0v) is 18.6. The maximum Gasteiger partial charge on any atom is 0.306 e. The normalized spacial score (nSPS) is 10.2. The predicted octanol–water partition coefficient (Wildman–Crippen LogP) is 5.00. The summed E-state index contributed by atoms with van der Waals surface area (Å²) in [4.78, 5) is 35.9. The van der Waals surface area contributed by atoms with Gasteiger partial charge in [0.2, 0.25) is 5.91 Å². The van der Waals surface area contributed by atoms with Crippen LogP contribution in [-0.2, 0) is 19.1 Å². The molecule has 0 aliphatic heterocycles. The Bertz CT molecular complexity index is 1130. The number of nitrogens with one attached hydrogen (secondary N) is 2. The predicted molar refractivity (Wildman–Crippen MR) is 126 cm³/mol. The zero-order valence-electron chi connectivity index (χ0n) is 18.6. The fourth-order valence-electron chi connectivity index (χ4n) is 2.98. The van der Waals surface area contributed by atoms with Crippen molar-refractivity contribution in [2.45, 2.75) is 26.7 Å². The van der Waals surface area contributed by atoms with Gasteiger partial charge in [-0.25, -0.2) is 0 Å². The highest BCUT2D eigenvalue weighted by Crippen LogP contribution is 2.25. The van der Waals surface area contributed by atoms with Crippen LogP contribution in [0.25, 0.3) is 0 Å². The van der Waals surface area contributed by atoms with Gasteiger partial charge in [-0.15, -0.1) is 0 Å². The summed E-state index contributed by atoms with van der Waals surface area (Å²) in [6, 6.07) is 21.9. The summed E-state index contributed by atoms with van der Waals surface area (Å²) in [7, 11) is 0. The van der Waals surface area contributed by atoms with Crippen LogP contribution in [0.4, 0.5) is 11.4 Å². The van der Waals surface area contributed by atoms with Gasteiger partial charge in [0.1, 0.15) is 11.5 Å². The molecule has 2 N–H and O–H groups in total. The number of carbonyl (C=O) groups is 3. The van der Waals surface area contributed by atoms with Crippen molar-refractivity contribution < 1.29 is 23.9 Å². The molecule has 33 heavy (non-hydrogen) atoms. The number of hydrogen-bond acceptors (Lipinski definition) is 5. The first kappa shape index (κ1) is 23.5. The van der Waals surface area contributed by atoms with Crippen LogP contribution in [-0.4, -0.2) is 24.4 Å². The summed E-state index contributed by atoms with van der Waals surface area (Å²) in [5.74, 6) is 0.0249. The average Bonchev–Trinajstić information content (AvgIpc) is 2.79. The molecule has 0 unspecified atom stereocenters. The fourth-order valence-corrected chi connectivity index (χ4v) is 2.98. The van der Waals surface area contributed by atoms with Gasteiger partial charge in [-0.2, -0.15) is 0 Å². The molecular weight excluding hydrogens is 420 g/mol. The van der Waals surface area contributed by atoms with Crippen molar-refractivity contribution in [2.24, 2.45) is 0 Å². The van der Waals surface area contributed by atoms with Crippen LogP contribution in [0.1, 0.15) is 24.0 Å². The maximum atomic E-state index is 12.1. The first-order chi connectivity index (χ1) is 15.9. The molecule has 0 atom stereocenters. The highest BCUT2D eigenvalue weighted by atomic mass is 16.5. The molecule has 7 nitrogen and oxygen atoms in total. The van der Waals surface area contributed by atoms with E-state index in [1.54, 1.807) is 30.3 Å². The third-order valence-corrected chi connectivity index (χ3v) is 4.68. The molecule has 0 saturated carbocycles. The summed E-state index contributed by atoms with van der Waals surface area (Å²) < 4.78 is 10.8. The average molecular weight is 447 g/mol. The van der Waals surface area contributed by atoms with E-state index in [4.69, 9.17) is 9.47 Å². The number of amides is 2. The van der Waals surface area contributed by atoms with Crippen LogP contribution in [0, 0.1) is 13.8 Å². The Hall–Kier alpha value is -4.13. The summed E-state index contributed by atoms with van der Waals surface area (Å²) in [5, 5.41) is 5.37. The summed E-state index contributed by atoms with van der Waals surface area (Å²) >= 11 is 0. The topological polar surface area (TPSA) is 93.7 Å². The molecule has 0 aliphatic carbocycles. The van der Waals surface area contributed by atoms with Crippen molar-refractivity contribution in [1.82, 2.24) is 0 Å². The Labute approximate surface area is 192 Å². The van der Waals surface area contributed by atoms with Gasteiger partial charge < -0.3 is 20.1 Å². The van der Waals surface area contributed by atoms with E-state index >= 15 is 0 Å². The van der Waals surface area contributed by atoms with Crippen molar-refractivity contribution in [3.8, 4) is 11.5 Å². The smallest absolute Gasteiger partial charge is 0.306 e. The molecule has 7 heteroatoms. The summed E-state index contributed by atoms with van der Waals surface area (Å²) in [5.41, 5.74) is 3.24. The number of hydrogen-bond donors (Lipinski definition) is 2. The van der Waals surface area contributed by atoms with Crippen LogP contribution < -0.4 is 15.4 Å². The van der Waals surface area contributed by atoms with Crippen molar-refractivity contribution in [3.05, 3.63) is 83.9 Å². The van der Waals surface area contributed by atoms with Gasteiger partial charge in [0, 0.05) is 17.8 Å². The van der Waals surface area contributed by atoms with E-state index in [-0.39, 0.29) is 18.7 Å². The van der Waals surface area contributed by atoms with Crippen molar-refractivity contribution >= 4 is 29.2 Å². The molecule has 0 aliphatic rings. The number of para-hydroxylation sites is 1. The second kappa shape index (κ2) is 11.5. The number of aryl methyl sites for hydroxylation is 2. The number of ether oxygens (including phenoxy) is 2. The largest absolute Gasteiger partial charge is 0.457 e. The van der Waals surface area contributed by atoms with Gasteiger partial charge in [0.15, 0.2) is 6.61 Å². The van der Waals surface area contributed by atoms with Crippen LogP contribution in [0.3, 0.4) is 0 Å². The summed E-state index contributed by atoms with van der Waals surface area (Å²) in [6.07, 6.45) is -0.183. The highest BCUT2D eigenvalue weighted by molar-refractivity contribution is 5.94. The van der Waals surface area contributed by atoms with E-state index < -0.39 is 18.5 Å². The van der Waals surface area contributed by atoms with E-state index in [0.29, 0.717) is 17.1 Å². The lowest BCUT2D eigenvalue weighted by Crippen LogP contribution is -2.21. The summed E-state index contributed by atoms with van der Waals surface area (Å²) in [6.45, 7) is 3.47. The molecule has 0 heterocycles. The third kappa shape index (κ3) is 7.81. The zero-order chi connectivity index (χ0) is 23.6. The van der Waals surface area contributed by atoms with E-state index in [2.05, 4.69) is 10.6 Å². The molecule has 0 aromatic heterocycles. The molecule has 3 aromatic rings. The Balaban J connectivity index is 1.37. The van der Waals surface area contributed by atoms with E-state index in [0.717, 1.165) is 16.9 Å². The van der Waals surface area contributed by atoms with Gasteiger partial charge in [-0.1, -0.05) is 30.3 Å². The first-order valence-electron chi connectivity index (χ1n) is 10.5. The maximum absolute atomic E-state index is 12.1.